The van der Waals surface area contributed by atoms with Gasteiger partial charge in [-0.1, -0.05) is 17.3 Å². The Morgan fingerprint density at radius 1 is 1.21 bits per heavy atom. The van der Waals surface area contributed by atoms with E-state index in [0.29, 0.717) is 17.1 Å². The van der Waals surface area contributed by atoms with Crippen LogP contribution in [0.2, 0.25) is 0 Å². The van der Waals surface area contributed by atoms with Crippen molar-refractivity contribution in [2.24, 2.45) is 0 Å². The molecule has 0 saturated heterocycles. The van der Waals surface area contributed by atoms with Gasteiger partial charge in [0.15, 0.2) is 5.76 Å². The Bertz CT molecular complexity index is 1120. The summed E-state index contributed by atoms with van der Waals surface area (Å²) in [6, 6.07) is 4.22. The first-order valence-electron chi connectivity index (χ1n) is 8.12. The average molecular weight is 392 g/mol. The lowest BCUT2D eigenvalue weighted by Gasteiger charge is -2.16. The smallest absolute Gasteiger partial charge is 0.416 e. The first-order chi connectivity index (χ1) is 13.0. The molecular weight excluding hydrogens is 377 g/mol. The number of hydrogen-bond donors (Lipinski definition) is 1. The first kappa shape index (κ1) is 19.4. The number of aromatic carboxylic acids is 1. The van der Waals surface area contributed by atoms with Crippen LogP contribution in [-0.2, 0) is 6.18 Å². The van der Waals surface area contributed by atoms with Crippen molar-refractivity contribution in [3.8, 4) is 16.8 Å². The zero-order valence-corrected chi connectivity index (χ0v) is 15.1. The van der Waals surface area contributed by atoms with Crippen LogP contribution in [0.4, 0.5) is 13.2 Å². The minimum absolute atomic E-state index is 0.0269. The first-order valence-corrected chi connectivity index (χ1v) is 8.12. The van der Waals surface area contributed by atoms with E-state index in [4.69, 9.17) is 4.52 Å². The number of carboxylic acids is 1. The highest BCUT2D eigenvalue weighted by Crippen LogP contribution is 2.33. The van der Waals surface area contributed by atoms with E-state index in [1.165, 1.54) is 23.6 Å². The Morgan fingerprint density at radius 3 is 2.43 bits per heavy atom. The topological polar surface area (TPSA) is 85.3 Å². The van der Waals surface area contributed by atoms with Crippen molar-refractivity contribution in [2.45, 2.75) is 26.9 Å². The van der Waals surface area contributed by atoms with Crippen molar-refractivity contribution < 1.29 is 27.6 Å². The van der Waals surface area contributed by atoms with Gasteiger partial charge in [-0.2, -0.15) is 13.2 Å². The van der Waals surface area contributed by atoms with E-state index in [-0.39, 0.29) is 16.8 Å². The summed E-state index contributed by atoms with van der Waals surface area (Å²) >= 11 is 0. The Hall–Kier alpha value is -3.36. The Labute approximate surface area is 156 Å². The molecule has 0 radical (unpaired) electrons. The number of halogens is 3. The summed E-state index contributed by atoms with van der Waals surface area (Å²) in [6.07, 6.45) is -3.47. The molecule has 146 valence electrons. The minimum atomic E-state index is -4.60. The van der Waals surface area contributed by atoms with Gasteiger partial charge in [-0.3, -0.25) is 4.79 Å². The fourth-order valence-electron chi connectivity index (χ4n) is 3.10. The van der Waals surface area contributed by atoms with E-state index in [9.17, 15) is 27.9 Å². The van der Waals surface area contributed by atoms with Gasteiger partial charge in [0.1, 0.15) is 16.9 Å². The van der Waals surface area contributed by atoms with E-state index in [1.807, 2.05) is 0 Å². The van der Waals surface area contributed by atoms with Crippen molar-refractivity contribution in [3.05, 3.63) is 69.0 Å². The third-order valence-electron chi connectivity index (χ3n) is 4.40. The van der Waals surface area contributed by atoms with Crippen LogP contribution < -0.4 is 5.43 Å². The maximum atomic E-state index is 13.1. The molecule has 0 aliphatic heterocycles. The molecule has 0 atom stereocenters. The number of alkyl halides is 3. The summed E-state index contributed by atoms with van der Waals surface area (Å²) in [7, 11) is 0. The lowest BCUT2D eigenvalue weighted by Crippen LogP contribution is -2.22. The summed E-state index contributed by atoms with van der Waals surface area (Å²) in [4.78, 5) is 24.4. The second kappa shape index (κ2) is 6.66. The molecule has 0 fully saturated rings. The molecule has 3 rings (SSSR count). The van der Waals surface area contributed by atoms with Crippen LogP contribution in [0.25, 0.3) is 16.8 Å². The molecule has 3 aromatic rings. The van der Waals surface area contributed by atoms with Gasteiger partial charge in [-0.15, -0.1) is 0 Å². The van der Waals surface area contributed by atoms with Crippen molar-refractivity contribution in [1.82, 2.24) is 9.72 Å². The molecule has 0 aliphatic carbocycles. The van der Waals surface area contributed by atoms with Crippen LogP contribution in [0.5, 0.6) is 0 Å². The zero-order valence-electron chi connectivity index (χ0n) is 15.1. The molecule has 0 bridgehead atoms. The number of hydrogen-bond acceptors (Lipinski definition) is 4. The summed E-state index contributed by atoms with van der Waals surface area (Å²) in [5.74, 6) is -1.12. The average Bonchev–Trinajstić information content (AvgIpc) is 2.93. The molecule has 2 aromatic heterocycles. The standard InChI is InChI=1S/C19H15F3N2O4/c1-9-16(11(3)28-23-9)24-8-14(18(26)27)17(25)15(10(24)2)12-5-4-6-13(7-12)19(20,21)22/h4-8H,1-3H3,(H,26,27). The van der Waals surface area contributed by atoms with Crippen molar-refractivity contribution in [1.29, 1.82) is 0 Å². The third-order valence-corrected chi connectivity index (χ3v) is 4.40. The second-order valence-corrected chi connectivity index (χ2v) is 6.26. The SMILES string of the molecule is Cc1noc(C)c1-n1cc(C(=O)O)c(=O)c(-c2cccc(C(F)(F)F)c2)c1C. The minimum Gasteiger partial charge on any atom is -0.477 e. The van der Waals surface area contributed by atoms with Gasteiger partial charge in [-0.25, -0.2) is 4.79 Å². The predicted molar refractivity (Wildman–Crippen MR) is 93.7 cm³/mol. The number of carboxylic acid groups (broad SMARTS) is 1. The number of carbonyl (C=O) groups is 1. The third kappa shape index (κ3) is 3.19. The number of pyridine rings is 1. The van der Waals surface area contributed by atoms with Crippen molar-refractivity contribution in [2.75, 3.05) is 0 Å². The Morgan fingerprint density at radius 2 is 1.89 bits per heavy atom. The number of rotatable bonds is 3. The Kier molecular flexibility index (Phi) is 4.62. The largest absolute Gasteiger partial charge is 0.477 e. The maximum absolute atomic E-state index is 13.1. The predicted octanol–water partition coefficient (Wildman–Crippen LogP) is 4.13. The van der Waals surface area contributed by atoms with Crippen LogP contribution in [0.3, 0.4) is 0 Å². The molecule has 0 unspecified atom stereocenters. The molecule has 1 N–H and O–H groups in total. The maximum Gasteiger partial charge on any atom is 0.416 e. The fourth-order valence-corrected chi connectivity index (χ4v) is 3.10. The highest BCUT2D eigenvalue weighted by atomic mass is 19.4. The van der Waals surface area contributed by atoms with Gasteiger partial charge >= 0.3 is 12.1 Å². The van der Waals surface area contributed by atoms with Crippen LogP contribution in [0.1, 0.15) is 33.1 Å². The lowest BCUT2D eigenvalue weighted by atomic mass is 9.99. The van der Waals surface area contributed by atoms with Crippen molar-refractivity contribution >= 4 is 5.97 Å². The van der Waals surface area contributed by atoms with Crippen LogP contribution in [-0.4, -0.2) is 20.8 Å². The molecule has 6 nitrogen and oxygen atoms in total. The second-order valence-electron chi connectivity index (χ2n) is 6.26. The summed E-state index contributed by atoms with van der Waals surface area (Å²) in [6.45, 7) is 4.76. The van der Waals surface area contributed by atoms with Crippen LogP contribution in [0.15, 0.2) is 39.8 Å². The molecule has 28 heavy (non-hydrogen) atoms. The van der Waals surface area contributed by atoms with Gasteiger partial charge in [0.05, 0.1) is 5.56 Å². The Balaban J connectivity index is 2.40. The van der Waals surface area contributed by atoms with Gasteiger partial charge in [0, 0.05) is 17.5 Å². The van der Waals surface area contributed by atoms with E-state index < -0.39 is 28.7 Å². The van der Waals surface area contributed by atoms with Crippen LogP contribution in [0, 0.1) is 20.8 Å². The molecule has 1 aromatic carbocycles. The van der Waals surface area contributed by atoms with E-state index in [2.05, 4.69) is 5.16 Å². The number of aryl methyl sites for hydroxylation is 2. The number of nitrogens with zero attached hydrogens (tertiary/aromatic N) is 2. The number of aromatic nitrogens is 2. The van der Waals surface area contributed by atoms with Gasteiger partial charge in [0.2, 0.25) is 5.43 Å². The summed E-state index contributed by atoms with van der Waals surface area (Å²) < 4.78 is 45.8. The number of benzene rings is 1. The molecule has 0 saturated carbocycles. The van der Waals surface area contributed by atoms with E-state index >= 15 is 0 Å². The van der Waals surface area contributed by atoms with Gasteiger partial charge in [-0.05, 0) is 38.5 Å². The zero-order chi connectivity index (χ0) is 20.8. The fraction of sp³-hybridized carbons (Fsp3) is 0.211. The molecule has 0 spiro atoms. The molecule has 0 aliphatic rings. The highest BCUT2D eigenvalue weighted by Gasteiger charge is 2.31. The quantitative estimate of drug-likeness (QED) is 0.724. The summed E-state index contributed by atoms with van der Waals surface area (Å²) in [5, 5.41) is 13.2. The van der Waals surface area contributed by atoms with Crippen LogP contribution >= 0.6 is 0 Å². The monoisotopic (exact) mass is 392 g/mol. The van der Waals surface area contributed by atoms with E-state index in [0.717, 1.165) is 18.3 Å². The highest BCUT2D eigenvalue weighted by molar-refractivity contribution is 5.89. The molecular formula is C19H15F3N2O4. The lowest BCUT2D eigenvalue weighted by molar-refractivity contribution is -0.137. The summed E-state index contributed by atoms with van der Waals surface area (Å²) in [5.41, 5.74) is -1.40. The molecule has 0 amide bonds. The van der Waals surface area contributed by atoms with E-state index in [1.54, 1.807) is 13.8 Å². The normalized spacial score (nSPS) is 11.6. The van der Waals surface area contributed by atoms with Crippen molar-refractivity contribution in [3.63, 3.8) is 0 Å². The van der Waals surface area contributed by atoms with Gasteiger partial charge < -0.3 is 14.2 Å². The van der Waals surface area contributed by atoms with Gasteiger partial charge in [0.25, 0.3) is 0 Å². The molecule has 9 heteroatoms. The molecule has 2 heterocycles.